The monoisotopic (exact) mass is 280 g/mol. The van der Waals surface area contributed by atoms with E-state index in [9.17, 15) is 4.79 Å². The molecule has 2 aromatic carbocycles. The number of aryl methyl sites for hydroxylation is 1. The summed E-state index contributed by atoms with van der Waals surface area (Å²) in [5, 5.41) is 0. The van der Waals surface area contributed by atoms with E-state index in [2.05, 4.69) is 24.3 Å². The lowest BCUT2D eigenvalue weighted by Crippen LogP contribution is -1.95. The van der Waals surface area contributed by atoms with E-state index in [0.717, 1.165) is 24.2 Å². The lowest BCUT2D eigenvalue weighted by atomic mass is 10.1. The molecule has 0 spiro atoms. The van der Waals surface area contributed by atoms with Gasteiger partial charge in [-0.1, -0.05) is 48.5 Å². The molecule has 2 nitrogen and oxygen atoms in total. The van der Waals surface area contributed by atoms with Gasteiger partial charge in [-0.3, -0.25) is 4.79 Å². The number of allylic oxidation sites excluding steroid dienone is 2. The molecule has 21 heavy (non-hydrogen) atoms. The van der Waals surface area contributed by atoms with Gasteiger partial charge >= 0.3 is 0 Å². The van der Waals surface area contributed by atoms with Gasteiger partial charge < -0.3 is 4.74 Å². The van der Waals surface area contributed by atoms with E-state index in [1.54, 1.807) is 13.0 Å². The maximum absolute atomic E-state index is 10.8. The molecular formula is C19H20O2. The van der Waals surface area contributed by atoms with Gasteiger partial charge in [0.15, 0.2) is 5.78 Å². The highest BCUT2D eigenvalue weighted by Gasteiger charge is 1.97. The minimum Gasteiger partial charge on any atom is -0.489 e. The topological polar surface area (TPSA) is 26.3 Å². The molecule has 0 unspecified atom stereocenters. The minimum atomic E-state index is 0.0969. The van der Waals surface area contributed by atoms with Gasteiger partial charge in [0.2, 0.25) is 0 Å². The molecule has 2 aromatic rings. The molecule has 0 saturated carbocycles. The smallest absolute Gasteiger partial charge is 0.152 e. The van der Waals surface area contributed by atoms with Gasteiger partial charge in [-0.15, -0.1) is 0 Å². The first-order chi connectivity index (χ1) is 10.2. The lowest BCUT2D eigenvalue weighted by Gasteiger charge is -2.07. The quantitative estimate of drug-likeness (QED) is 0.705. The molecule has 0 N–H and O–H groups in total. The van der Waals surface area contributed by atoms with Gasteiger partial charge in [-0.2, -0.15) is 0 Å². The Morgan fingerprint density at radius 2 is 1.71 bits per heavy atom. The van der Waals surface area contributed by atoms with Crippen molar-refractivity contribution < 1.29 is 9.53 Å². The molecule has 0 radical (unpaired) electrons. The fourth-order valence-corrected chi connectivity index (χ4v) is 1.99. The van der Waals surface area contributed by atoms with E-state index in [-0.39, 0.29) is 5.78 Å². The predicted octanol–water partition coefficient (Wildman–Crippen LogP) is 4.34. The Balaban J connectivity index is 1.80. The van der Waals surface area contributed by atoms with Crippen LogP contribution in [0.1, 0.15) is 24.5 Å². The van der Waals surface area contributed by atoms with Crippen LogP contribution in [0.15, 0.2) is 66.7 Å². The predicted molar refractivity (Wildman–Crippen MR) is 85.4 cm³/mol. The number of ether oxygens (including phenoxy) is 1. The third-order valence-corrected chi connectivity index (χ3v) is 3.12. The Hall–Kier alpha value is -2.35. The van der Waals surface area contributed by atoms with E-state index < -0.39 is 0 Å². The molecule has 0 aliphatic carbocycles. The molecule has 0 aromatic heterocycles. The van der Waals surface area contributed by atoms with E-state index >= 15 is 0 Å². The van der Waals surface area contributed by atoms with Gasteiger partial charge in [0.05, 0.1) is 0 Å². The Morgan fingerprint density at radius 1 is 1.00 bits per heavy atom. The van der Waals surface area contributed by atoms with Crippen LogP contribution in [-0.4, -0.2) is 5.78 Å². The van der Waals surface area contributed by atoms with Gasteiger partial charge in [0.1, 0.15) is 12.4 Å². The summed E-state index contributed by atoms with van der Waals surface area (Å²) >= 11 is 0. The molecule has 0 amide bonds. The summed E-state index contributed by atoms with van der Waals surface area (Å²) in [6, 6.07) is 18.3. The van der Waals surface area contributed by atoms with Gasteiger partial charge in [-0.05, 0) is 49.1 Å². The molecule has 0 fully saturated rings. The van der Waals surface area contributed by atoms with Crippen molar-refractivity contribution >= 4 is 5.78 Å². The summed E-state index contributed by atoms with van der Waals surface area (Å²) in [6.07, 6.45) is 5.35. The van der Waals surface area contributed by atoms with Gasteiger partial charge in [-0.25, -0.2) is 0 Å². The number of ketones is 1. The van der Waals surface area contributed by atoms with E-state index in [1.807, 2.05) is 36.4 Å². The molecule has 0 bridgehead atoms. The van der Waals surface area contributed by atoms with E-state index in [1.165, 1.54) is 5.56 Å². The molecule has 2 heteroatoms. The van der Waals surface area contributed by atoms with Crippen molar-refractivity contribution in [1.82, 2.24) is 0 Å². The van der Waals surface area contributed by atoms with Crippen LogP contribution in [0.5, 0.6) is 5.75 Å². The highest BCUT2D eigenvalue weighted by atomic mass is 16.5. The zero-order chi connectivity index (χ0) is 14.9. The normalized spacial score (nSPS) is 10.7. The Labute approximate surface area is 126 Å². The standard InChI is InChI=1S/C19H20O2/c1-16(20)7-5-6-8-17-11-13-19(14-12-17)21-15-18-9-3-2-4-10-18/h2-5,7,9-14H,6,8,15H2,1H3. The van der Waals surface area contributed by atoms with E-state index in [0.29, 0.717) is 6.61 Å². The van der Waals surface area contributed by atoms with Crippen LogP contribution < -0.4 is 4.74 Å². The Morgan fingerprint density at radius 3 is 2.38 bits per heavy atom. The van der Waals surface area contributed by atoms with Crippen LogP contribution in [0.2, 0.25) is 0 Å². The van der Waals surface area contributed by atoms with Crippen molar-refractivity contribution in [3.05, 3.63) is 77.9 Å². The third kappa shape index (κ3) is 5.65. The van der Waals surface area contributed by atoms with Crippen molar-refractivity contribution in [3.8, 4) is 5.75 Å². The largest absolute Gasteiger partial charge is 0.489 e. The van der Waals surface area contributed by atoms with Gasteiger partial charge in [0.25, 0.3) is 0 Å². The number of hydrogen-bond donors (Lipinski definition) is 0. The highest BCUT2D eigenvalue weighted by molar-refractivity contribution is 5.87. The first-order valence-corrected chi connectivity index (χ1v) is 7.17. The fraction of sp³-hybridized carbons (Fsp3) is 0.211. The summed E-state index contributed by atoms with van der Waals surface area (Å²) < 4.78 is 5.75. The summed E-state index contributed by atoms with van der Waals surface area (Å²) in [7, 11) is 0. The average molecular weight is 280 g/mol. The molecule has 0 atom stereocenters. The highest BCUT2D eigenvalue weighted by Crippen LogP contribution is 2.15. The van der Waals surface area contributed by atoms with Crippen molar-refractivity contribution in [2.24, 2.45) is 0 Å². The molecule has 0 heterocycles. The number of rotatable bonds is 7. The summed E-state index contributed by atoms with van der Waals surface area (Å²) in [6.45, 7) is 2.15. The second-order valence-corrected chi connectivity index (χ2v) is 4.97. The van der Waals surface area contributed by atoms with Crippen LogP contribution in [0, 0.1) is 0 Å². The Bertz CT molecular complexity index is 583. The summed E-state index contributed by atoms with van der Waals surface area (Å²) in [5.74, 6) is 0.974. The van der Waals surface area contributed by atoms with E-state index in [4.69, 9.17) is 4.74 Å². The second-order valence-electron chi connectivity index (χ2n) is 4.97. The fourth-order valence-electron chi connectivity index (χ4n) is 1.99. The summed E-state index contributed by atoms with van der Waals surface area (Å²) in [4.78, 5) is 10.8. The Kier molecular flexibility index (Phi) is 5.77. The first-order valence-electron chi connectivity index (χ1n) is 7.17. The van der Waals surface area contributed by atoms with Crippen LogP contribution in [0.3, 0.4) is 0 Å². The van der Waals surface area contributed by atoms with Crippen LogP contribution in [-0.2, 0) is 17.8 Å². The van der Waals surface area contributed by atoms with Gasteiger partial charge in [0, 0.05) is 0 Å². The molecule has 0 aliphatic heterocycles. The zero-order valence-electron chi connectivity index (χ0n) is 12.3. The van der Waals surface area contributed by atoms with Crippen LogP contribution in [0.25, 0.3) is 0 Å². The molecule has 2 rings (SSSR count). The first kappa shape index (κ1) is 15.0. The van der Waals surface area contributed by atoms with Crippen molar-refractivity contribution in [3.63, 3.8) is 0 Å². The van der Waals surface area contributed by atoms with Crippen molar-refractivity contribution in [1.29, 1.82) is 0 Å². The van der Waals surface area contributed by atoms with Crippen molar-refractivity contribution in [2.75, 3.05) is 0 Å². The zero-order valence-corrected chi connectivity index (χ0v) is 12.3. The minimum absolute atomic E-state index is 0.0969. The second kappa shape index (κ2) is 8.05. The molecule has 0 aliphatic rings. The average Bonchev–Trinajstić information content (AvgIpc) is 2.51. The molecule has 0 saturated heterocycles. The number of hydrogen-bond acceptors (Lipinski definition) is 2. The third-order valence-electron chi connectivity index (χ3n) is 3.12. The molecular weight excluding hydrogens is 260 g/mol. The van der Waals surface area contributed by atoms with Crippen LogP contribution in [0.4, 0.5) is 0 Å². The molecule has 108 valence electrons. The number of carbonyl (C=O) groups excluding carboxylic acids is 1. The summed E-state index contributed by atoms with van der Waals surface area (Å²) in [5.41, 5.74) is 2.41. The number of carbonyl (C=O) groups is 1. The SMILES string of the molecule is CC(=O)C=CCCc1ccc(OCc2ccccc2)cc1. The lowest BCUT2D eigenvalue weighted by molar-refractivity contribution is -0.112. The maximum Gasteiger partial charge on any atom is 0.152 e. The van der Waals surface area contributed by atoms with Crippen LogP contribution >= 0.6 is 0 Å². The van der Waals surface area contributed by atoms with Crippen molar-refractivity contribution in [2.45, 2.75) is 26.4 Å². The number of benzene rings is 2. The maximum atomic E-state index is 10.8.